The summed E-state index contributed by atoms with van der Waals surface area (Å²) in [7, 11) is 0. The predicted octanol–water partition coefficient (Wildman–Crippen LogP) is 3.35. The molecule has 0 saturated heterocycles. The highest BCUT2D eigenvalue weighted by Crippen LogP contribution is 2.05. The van der Waals surface area contributed by atoms with Gasteiger partial charge in [0.1, 0.15) is 5.82 Å². The molecule has 1 N–H and O–H groups in total. The third-order valence-corrected chi connectivity index (χ3v) is 2.52. The molecule has 15 heavy (non-hydrogen) atoms. The zero-order valence-corrected chi connectivity index (χ0v) is 9.59. The Morgan fingerprint density at radius 1 is 1.27 bits per heavy atom. The lowest BCUT2D eigenvalue weighted by molar-refractivity contribution is 0.475. The zero-order chi connectivity index (χ0) is 11.1. The van der Waals surface area contributed by atoms with Gasteiger partial charge in [-0.15, -0.1) is 0 Å². The molecule has 1 unspecified atom stereocenters. The van der Waals surface area contributed by atoms with Crippen molar-refractivity contribution in [1.82, 2.24) is 5.32 Å². The minimum absolute atomic E-state index is 0.168. The molecule has 84 valence electrons. The molecule has 0 aromatic heterocycles. The van der Waals surface area contributed by atoms with Crippen molar-refractivity contribution in [3.63, 3.8) is 0 Å². The standard InChI is InChI=1S/C13H20FN/c1-3-4-11(2)9-15-10-12-5-7-13(14)8-6-12/h5-8,11,15H,3-4,9-10H2,1-2H3. The quantitative estimate of drug-likeness (QED) is 0.757. The number of hydrogen-bond donors (Lipinski definition) is 1. The Morgan fingerprint density at radius 2 is 1.93 bits per heavy atom. The molecule has 0 saturated carbocycles. The molecule has 1 rings (SSSR count). The molecule has 1 nitrogen and oxygen atoms in total. The van der Waals surface area contributed by atoms with Crippen LogP contribution in [0.4, 0.5) is 4.39 Å². The van der Waals surface area contributed by atoms with Gasteiger partial charge in [-0.05, 0) is 36.6 Å². The van der Waals surface area contributed by atoms with Gasteiger partial charge < -0.3 is 5.32 Å². The molecule has 0 bridgehead atoms. The average molecular weight is 209 g/mol. The Balaban J connectivity index is 2.22. The van der Waals surface area contributed by atoms with Gasteiger partial charge in [0.25, 0.3) is 0 Å². The van der Waals surface area contributed by atoms with Crippen LogP contribution in [0.2, 0.25) is 0 Å². The Hall–Kier alpha value is -0.890. The van der Waals surface area contributed by atoms with E-state index in [4.69, 9.17) is 0 Å². The third-order valence-electron chi connectivity index (χ3n) is 2.52. The van der Waals surface area contributed by atoms with Crippen LogP contribution in [0.5, 0.6) is 0 Å². The summed E-state index contributed by atoms with van der Waals surface area (Å²) in [4.78, 5) is 0. The van der Waals surface area contributed by atoms with Crippen molar-refractivity contribution in [2.45, 2.75) is 33.2 Å². The van der Waals surface area contributed by atoms with Crippen LogP contribution < -0.4 is 5.32 Å². The lowest BCUT2D eigenvalue weighted by Crippen LogP contribution is -2.20. The van der Waals surface area contributed by atoms with Gasteiger partial charge in [-0.2, -0.15) is 0 Å². The Bertz CT molecular complexity index is 268. The predicted molar refractivity (Wildman–Crippen MR) is 62.2 cm³/mol. The van der Waals surface area contributed by atoms with E-state index in [1.165, 1.54) is 25.0 Å². The van der Waals surface area contributed by atoms with Crippen LogP contribution in [0.3, 0.4) is 0 Å². The van der Waals surface area contributed by atoms with Crippen molar-refractivity contribution in [3.8, 4) is 0 Å². The van der Waals surface area contributed by atoms with E-state index in [9.17, 15) is 4.39 Å². The summed E-state index contributed by atoms with van der Waals surface area (Å²) >= 11 is 0. The van der Waals surface area contributed by atoms with E-state index in [0.29, 0.717) is 0 Å². The summed E-state index contributed by atoms with van der Waals surface area (Å²) in [5.74, 6) is 0.550. The second-order valence-corrected chi connectivity index (χ2v) is 4.15. The van der Waals surface area contributed by atoms with E-state index in [-0.39, 0.29) is 5.82 Å². The fourth-order valence-electron chi connectivity index (χ4n) is 1.66. The van der Waals surface area contributed by atoms with Crippen molar-refractivity contribution in [3.05, 3.63) is 35.6 Å². The van der Waals surface area contributed by atoms with Crippen LogP contribution in [-0.4, -0.2) is 6.54 Å². The van der Waals surface area contributed by atoms with Crippen LogP contribution in [0.25, 0.3) is 0 Å². The van der Waals surface area contributed by atoms with E-state index < -0.39 is 0 Å². The summed E-state index contributed by atoms with van der Waals surface area (Å²) in [6.07, 6.45) is 2.50. The van der Waals surface area contributed by atoms with Crippen molar-refractivity contribution >= 4 is 0 Å². The molecule has 0 aliphatic heterocycles. The number of hydrogen-bond acceptors (Lipinski definition) is 1. The molecule has 0 aliphatic rings. The van der Waals surface area contributed by atoms with Gasteiger partial charge >= 0.3 is 0 Å². The Kier molecular flexibility index (Phi) is 5.33. The second-order valence-electron chi connectivity index (χ2n) is 4.15. The zero-order valence-electron chi connectivity index (χ0n) is 9.59. The lowest BCUT2D eigenvalue weighted by atomic mass is 10.1. The van der Waals surface area contributed by atoms with Gasteiger partial charge in [0.15, 0.2) is 0 Å². The Morgan fingerprint density at radius 3 is 2.53 bits per heavy atom. The fourth-order valence-corrected chi connectivity index (χ4v) is 1.66. The summed E-state index contributed by atoms with van der Waals surface area (Å²) in [6.45, 7) is 6.32. The van der Waals surface area contributed by atoms with Crippen LogP contribution in [0.15, 0.2) is 24.3 Å². The number of halogens is 1. The Labute approximate surface area is 91.7 Å². The minimum Gasteiger partial charge on any atom is -0.312 e. The molecular weight excluding hydrogens is 189 g/mol. The van der Waals surface area contributed by atoms with E-state index in [1.54, 1.807) is 0 Å². The van der Waals surface area contributed by atoms with Crippen LogP contribution >= 0.6 is 0 Å². The molecular formula is C13H20FN. The smallest absolute Gasteiger partial charge is 0.123 e. The highest BCUT2D eigenvalue weighted by atomic mass is 19.1. The summed E-state index contributed by atoms with van der Waals surface area (Å²) in [5, 5.41) is 3.38. The van der Waals surface area contributed by atoms with Gasteiger partial charge in [0.05, 0.1) is 0 Å². The summed E-state index contributed by atoms with van der Waals surface area (Å²) in [6, 6.07) is 6.67. The minimum atomic E-state index is -0.168. The number of rotatable bonds is 6. The van der Waals surface area contributed by atoms with E-state index in [2.05, 4.69) is 19.2 Å². The van der Waals surface area contributed by atoms with Gasteiger partial charge in [-0.3, -0.25) is 0 Å². The average Bonchev–Trinajstić information content (AvgIpc) is 2.21. The van der Waals surface area contributed by atoms with Crippen molar-refractivity contribution in [2.75, 3.05) is 6.54 Å². The monoisotopic (exact) mass is 209 g/mol. The molecule has 0 aliphatic carbocycles. The first kappa shape index (κ1) is 12.2. The van der Waals surface area contributed by atoms with Gasteiger partial charge in [0.2, 0.25) is 0 Å². The molecule has 1 atom stereocenters. The SMILES string of the molecule is CCCC(C)CNCc1ccc(F)cc1. The van der Waals surface area contributed by atoms with Crippen LogP contribution in [0, 0.1) is 11.7 Å². The second kappa shape index (κ2) is 6.57. The van der Waals surface area contributed by atoms with Crippen molar-refractivity contribution in [1.29, 1.82) is 0 Å². The third kappa shape index (κ3) is 4.93. The first-order valence-electron chi connectivity index (χ1n) is 5.67. The molecule has 1 aromatic rings. The normalized spacial score (nSPS) is 12.7. The maximum absolute atomic E-state index is 12.6. The first-order chi connectivity index (χ1) is 7.22. The molecule has 0 amide bonds. The summed E-state index contributed by atoms with van der Waals surface area (Å²) in [5.41, 5.74) is 1.14. The molecule has 2 heteroatoms. The van der Waals surface area contributed by atoms with Crippen molar-refractivity contribution in [2.24, 2.45) is 5.92 Å². The molecule has 0 radical (unpaired) electrons. The van der Waals surface area contributed by atoms with Crippen molar-refractivity contribution < 1.29 is 4.39 Å². The summed E-state index contributed by atoms with van der Waals surface area (Å²) < 4.78 is 12.6. The topological polar surface area (TPSA) is 12.0 Å². The van der Waals surface area contributed by atoms with E-state index >= 15 is 0 Å². The van der Waals surface area contributed by atoms with E-state index in [1.807, 2.05) is 12.1 Å². The van der Waals surface area contributed by atoms with Crippen LogP contribution in [-0.2, 0) is 6.54 Å². The van der Waals surface area contributed by atoms with Gasteiger partial charge in [-0.25, -0.2) is 4.39 Å². The molecule has 0 spiro atoms. The van der Waals surface area contributed by atoms with Gasteiger partial charge in [-0.1, -0.05) is 32.4 Å². The van der Waals surface area contributed by atoms with Crippen LogP contribution in [0.1, 0.15) is 32.3 Å². The number of benzene rings is 1. The maximum atomic E-state index is 12.6. The highest BCUT2D eigenvalue weighted by molar-refractivity contribution is 5.15. The fraction of sp³-hybridized carbons (Fsp3) is 0.538. The number of nitrogens with one attached hydrogen (secondary N) is 1. The maximum Gasteiger partial charge on any atom is 0.123 e. The lowest BCUT2D eigenvalue weighted by Gasteiger charge is -2.11. The molecule has 1 aromatic carbocycles. The van der Waals surface area contributed by atoms with E-state index in [0.717, 1.165) is 24.6 Å². The molecule has 0 heterocycles. The largest absolute Gasteiger partial charge is 0.312 e. The molecule has 0 fully saturated rings. The highest BCUT2D eigenvalue weighted by Gasteiger charge is 1.99. The first-order valence-corrected chi connectivity index (χ1v) is 5.67. The van der Waals surface area contributed by atoms with Gasteiger partial charge in [0, 0.05) is 6.54 Å².